The minimum atomic E-state index is 0.481. The van der Waals surface area contributed by atoms with Crippen molar-refractivity contribution in [2.45, 2.75) is 26.2 Å². The Hall–Kier alpha value is -0.0100. The molecule has 0 aromatic heterocycles. The molecule has 2 heteroatoms. The molecule has 0 bridgehead atoms. The fourth-order valence-electron chi connectivity index (χ4n) is 1.56. The highest BCUT2D eigenvalue weighted by atomic mass is 79.9. The maximum Gasteiger partial charge on any atom is 0.0294 e. The first-order valence-corrected chi connectivity index (χ1v) is 6.33. The van der Waals surface area contributed by atoms with Crippen LogP contribution < -0.4 is 0 Å². The first kappa shape index (κ1) is 12.1. The third-order valence-corrected chi connectivity index (χ3v) is 3.66. The smallest absolute Gasteiger partial charge is 0.0294 e. The lowest BCUT2D eigenvalue weighted by atomic mass is 9.87. The van der Waals surface area contributed by atoms with Gasteiger partial charge in [-0.25, -0.2) is 0 Å². The number of hydrogen-bond donors (Lipinski definition) is 0. The van der Waals surface area contributed by atoms with Crippen LogP contribution in [0.2, 0.25) is 0 Å². The number of hydrogen-bond acceptors (Lipinski definition) is 0. The van der Waals surface area contributed by atoms with E-state index in [1.165, 1.54) is 12.0 Å². The molecule has 0 N–H and O–H groups in total. The maximum atomic E-state index is 6.00. The average Bonchev–Trinajstić information content (AvgIpc) is 2.21. The van der Waals surface area contributed by atoms with E-state index < -0.39 is 0 Å². The first-order valence-electron chi connectivity index (χ1n) is 5.00. The van der Waals surface area contributed by atoms with Gasteiger partial charge in [0.2, 0.25) is 0 Å². The summed E-state index contributed by atoms with van der Waals surface area (Å²) in [6.07, 6.45) is 1.17. The Labute approximate surface area is 99.8 Å². The molecule has 0 saturated carbocycles. The van der Waals surface area contributed by atoms with Crippen LogP contribution in [0.15, 0.2) is 28.7 Å². The molecule has 2 atom stereocenters. The van der Waals surface area contributed by atoms with E-state index in [1.807, 2.05) is 0 Å². The van der Waals surface area contributed by atoms with Crippen LogP contribution in [-0.2, 0) is 0 Å². The van der Waals surface area contributed by atoms with Crippen molar-refractivity contribution in [2.24, 2.45) is 5.92 Å². The molecule has 0 fully saturated rings. The lowest BCUT2D eigenvalue weighted by Gasteiger charge is -2.20. The summed E-state index contributed by atoms with van der Waals surface area (Å²) >= 11 is 9.44. The summed E-state index contributed by atoms with van der Waals surface area (Å²) in [7, 11) is 0. The molecule has 1 aromatic carbocycles. The summed E-state index contributed by atoms with van der Waals surface area (Å²) < 4.78 is 1.12. The van der Waals surface area contributed by atoms with Crippen molar-refractivity contribution in [3.05, 3.63) is 34.3 Å². The van der Waals surface area contributed by atoms with Crippen molar-refractivity contribution in [3.63, 3.8) is 0 Å². The summed E-state index contributed by atoms with van der Waals surface area (Å²) in [5.74, 6) is 1.83. The topological polar surface area (TPSA) is 0 Å². The second kappa shape index (κ2) is 5.77. The lowest BCUT2D eigenvalue weighted by molar-refractivity contribution is 0.477. The second-order valence-corrected chi connectivity index (χ2v) is 4.92. The first-order chi connectivity index (χ1) is 6.69. The lowest BCUT2D eigenvalue weighted by Crippen LogP contribution is -2.10. The van der Waals surface area contributed by atoms with E-state index in [0.717, 1.165) is 4.47 Å². The Balaban J connectivity index is 2.84. The maximum absolute atomic E-state index is 6.00. The molecule has 0 radical (unpaired) electrons. The monoisotopic (exact) mass is 274 g/mol. The predicted molar refractivity (Wildman–Crippen MR) is 67.1 cm³/mol. The zero-order valence-corrected chi connectivity index (χ0v) is 11.0. The molecule has 2 unspecified atom stereocenters. The van der Waals surface area contributed by atoms with Gasteiger partial charge in [-0.1, -0.05) is 48.3 Å². The molecule has 0 aliphatic heterocycles. The van der Waals surface area contributed by atoms with Crippen LogP contribution in [0.1, 0.15) is 31.7 Å². The van der Waals surface area contributed by atoms with Crippen LogP contribution in [0.3, 0.4) is 0 Å². The van der Waals surface area contributed by atoms with Crippen LogP contribution in [0.4, 0.5) is 0 Å². The van der Waals surface area contributed by atoms with E-state index in [1.54, 1.807) is 0 Å². The number of benzene rings is 1. The molecule has 0 saturated heterocycles. The van der Waals surface area contributed by atoms with Crippen LogP contribution in [-0.4, -0.2) is 5.88 Å². The predicted octanol–water partition coefficient (Wildman–Crippen LogP) is 4.82. The van der Waals surface area contributed by atoms with Crippen molar-refractivity contribution in [1.82, 2.24) is 0 Å². The standard InChI is InChI=1S/C12H16BrCl/c1-3-9(2)12(8-14)10-4-6-11(13)7-5-10/h4-7,9,12H,3,8H2,1-2H3. The minimum absolute atomic E-state index is 0.481. The van der Waals surface area contributed by atoms with Crippen molar-refractivity contribution in [2.75, 3.05) is 5.88 Å². The van der Waals surface area contributed by atoms with E-state index in [9.17, 15) is 0 Å². The Morgan fingerprint density at radius 1 is 1.29 bits per heavy atom. The van der Waals surface area contributed by atoms with Gasteiger partial charge in [-0.3, -0.25) is 0 Å². The highest BCUT2D eigenvalue weighted by Gasteiger charge is 2.16. The van der Waals surface area contributed by atoms with Gasteiger partial charge in [0.15, 0.2) is 0 Å². The molecule has 1 rings (SSSR count). The summed E-state index contributed by atoms with van der Waals surface area (Å²) in [5.41, 5.74) is 1.34. The molecule has 0 heterocycles. The van der Waals surface area contributed by atoms with Crippen LogP contribution in [0.25, 0.3) is 0 Å². The van der Waals surface area contributed by atoms with Gasteiger partial charge in [-0.15, -0.1) is 11.6 Å². The van der Waals surface area contributed by atoms with Gasteiger partial charge in [-0.05, 0) is 29.5 Å². The fraction of sp³-hybridized carbons (Fsp3) is 0.500. The third-order valence-electron chi connectivity index (χ3n) is 2.80. The fourth-order valence-corrected chi connectivity index (χ4v) is 2.31. The SMILES string of the molecule is CCC(C)C(CCl)c1ccc(Br)cc1. The van der Waals surface area contributed by atoms with Gasteiger partial charge in [0.1, 0.15) is 0 Å². The average molecular weight is 276 g/mol. The summed E-state index contributed by atoms with van der Waals surface area (Å²) in [5, 5.41) is 0. The van der Waals surface area contributed by atoms with Crippen molar-refractivity contribution >= 4 is 27.5 Å². The zero-order chi connectivity index (χ0) is 10.6. The van der Waals surface area contributed by atoms with Crippen LogP contribution >= 0.6 is 27.5 Å². The molecule has 1 aromatic rings. The van der Waals surface area contributed by atoms with Gasteiger partial charge in [0.25, 0.3) is 0 Å². The van der Waals surface area contributed by atoms with Crippen molar-refractivity contribution in [1.29, 1.82) is 0 Å². The molecule has 14 heavy (non-hydrogen) atoms. The third kappa shape index (κ3) is 2.99. The van der Waals surface area contributed by atoms with Crippen molar-refractivity contribution < 1.29 is 0 Å². The minimum Gasteiger partial charge on any atom is -0.126 e. The summed E-state index contributed by atoms with van der Waals surface area (Å²) in [6, 6.07) is 8.47. The quantitative estimate of drug-likeness (QED) is 0.691. The molecule has 78 valence electrons. The number of rotatable bonds is 4. The molecule has 0 spiro atoms. The largest absolute Gasteiger partial charge is 0.126 e. The molecular weight excluding hydrogens is 259 g/mol. The van der Waals surface area contributed by atoms with Gasteiger partial charge in [0.05, 0.1) is 0 Å². The summed E-state index contributed by atoms with van der Waals surface area (Å²) in [4.78, 5) is 0. The Morgan fingerprint density at radius 3 is 2.29 bits per heavy atom. The normalized spacial score (nSPS) is 15.1. The van der Waals surface area contributed by atoms with Crippen LogP contribution in [0, 0.1) is 5.92 Å². The molecule has 0 nitrogen and oxygen atoms in total. The van der Waals surface area contributed by atoms with Gasteiger partial charge < -0.3 is 0 Å². The molecule has 0 aliphatic carbocycles. The molecule has 0 amide bonds. The Morgan fingerprint density at radius 2 is 1.86 bits per heavy atom. The van der Waals surface area contributed by atoms with E-state index >= 15 is 0 Å². The van der Waals surface area contributed by atoms with Crippen molar-refractivity contribution in [3.8, 4) is 0 Å². The van der Waals surface area contributed by atoms with Gasteiger partial charge in [0, 0.05) is 10.4 Å². The highest BCUT2D eigenvalue weighted by molar-refractivity contribution is 9.10. The molecule has 0 aliphatic rings. The van der Waals surface area contributed by atoms with Gasteiger partial charge >= 0.3 is 0 Å². The second-order valence-electron chi connectivity index (χ2n) is 3.70. The Bertz CT molecular complexity index is 268. The molecular formula is C12H16BrCl. The van der Waals surface area contributed by atoms with Gasteiger partial charge in [-0.2, -0.15) is 0 Å². The summed E-state index contributed by atoms with van der Waals surface area (Å²) in [6.45, 7) is 4.47. The van der Waals surface area contributed by atoms with E-state index in [2.05, 4.69) is 54.0 Å². The number of alkyl halides is 1. The number of halogens is 2. The highest BCUT2D eigenvalue weighted by Crippen LogP contribution is 2.28. The van der Waals surface area contributed by atoms with E-state index in [-0.39, 0.29) is 0 Å². The van der Waals surface area contributed by atoms with Crippen LogP contribution in [0.5, 0.6) is 0 Å². The Kier molecular flexibility index (Phi) is 4.97. The van der Waals surface area contributed by atoms with E-state index in [4.69, 9.17) is 11.6 Å². The van der Waals surface area contributed by atoms with E-state index in [0.29, 0.717) is 17.7 Å². The zero-order valence-electron chi connectivity index (χ0n) is 8.63.